The first-order valence-corrected chi connectivity index (χ1v) is 9.05. The molecular formula is C18H16ClIO4. The maximum absolute atomic E-state index is 12.6. The molecule has 0 aromatic heterocycles. The van der Waals surface area contributed by atoms with Crippen molar-refractivity contribution >= 4 is 40.0 Å². The van der Waals surface area contributed by atoms with Gasteiger partial charge in [-0.1, -0.05) is 11.6 Å². The van der Waals surface area contributed by atoms with Gasteiger partial charge in [0.05, 0.1) is 24.8 Å². The van der Waals surface area contributed by atoms with Gasteiger partial charge in [-0.05, 0) is 65.1 Å². The normalized spacial score (nSPS) is 14.8. The SMILES string of the molecule is O=C(c1ccc(OCCC2OCCO2)cc1)c1cc(I)ccc1Cl. The Hall–Kier alpha value is -1.15. The predicted molar refractivity (Wildman–Crippen MR) is 99.8 cm³/mol. The van der Waals surface area contributed by atoms with E-state index >= 15 is 0 Å². The summed E-state index contributed by atoms with van der Waals surface area (Å²) in [5, 5.41) is 0.456. The van der Waals surface area contributed by atoms with Gasteiger partial charge in [-0.2, -0.15) is 0 Å². The van der Waals surface area contributed by atoms with E-state index in [-0.39, 0.29) is 12.1 Å². The molecule has 0 amide bonds. The first-order chi connectivity index (χ1) is 11.6. The van der Waals surface area contributed by atoms with Gasteiger partial charge >= 0.3 is 0 Å². The van der Waals surface area contributed by atoms with E-state index < -0.39 is 0 Å². The van der Waals surface area contributed by atoms with Crippen molar-refractivity contribution in [3.05, 3.63) is 62.2 Å². The van der Waals surface area contributed by atoms with Crippen LogP contribution in [0.4, 0.5) is 0 Å². The number of hydrogen-bond donors (Lipinski definition) is 0. The van der Waals surface area contributed by atoms with Gasteiger partial charge in [-0.25, -0.2) is 0 Å². The van der Waals surface area contributed by atoms with Gasteiger partial charge in [0.15, 0.2) is 12.1 Å². The van der Waals surface area contributed by atoms with E-state index in [0.29, 0.717) is 48.1 Å². The molecule has 24 heavy (non-hydrogen) atoms. The van der Waals surface area contributed by atoms with Crippen LogP contribution in [0.15, 0.2) is 42.5 Å². The number of rotatable bonds is 6. The molecule has 1 aliphatic rings. The average molecular weight is 459 g/mol. The summed E-state index contributed by atoms with van der Waals surface area (Å²) in [6.45, 7) is 1.78. The molecule has 0 N–H and O–H groups in total. The molecule has 0 aliphatic carbocycles. The molecule has 126 valence electrons. The van der Waals surface area contributed by atoms with Crippen molar-refractivity contribution in [3.63, 3.8) is 0 Å². The largest absolute Gasteiger partial charge is 0.493 e. The van der Waals surface area contributed by atoms with Crippen molar-refractivity contribution in [2.45, 2.75) is 12.7 Å². The van der Waals surface area contributed by atoms with Gasteiger partial charge in [-0.3, -0.25) is 4.79 Å². The molecule has 1 aliphatic heterocycles. The molecule has 0 bridgehead atoms. The monoisotopic (exact) mass is 458 g/mol. The zero-order valence-corrected chi connectivity index (χ0v) is 15.7. The third kappa shape index (κ3) is 4.47. The van der Waals surface area contributed by atoms with Crippen LogP contribution in [0.25, 0.3) is 0 Å². The van der Waals surface area contributed by atoms with Crippen molar-refractivity contribution in [2.75, 3.05) is 19.8 Å². The molecule has 1 heterocycles. The third-order valence-electron chi connectivity index (χ3n) is 3.60. The minimum Gasteiger partial charge on any atom is -0.493 e. The highest BCUT2D eigenvalue weighted by Gasteiger charge is 2.16. The Bertz CT molecular complexity index is 711. The van der Waals surface area contributed by atoms with Gasteiger partial charge < -0.3 is 14.2 Å². The van der Waals surface area contributed by atoms with E-state index in [2.05, 4.69) is 22.6 Å². The number of carbonyl (C=O) groups excluding carboxylic acids is 1. The van der Waals surface area contributed by atoms with Gasteiger partial charge in [0.1, 0.15) is 5.75 Å². The first-order valence-electron chi connectivity index (χ1n) is 7.59. The molecule has 1 fully saturated rings. The van der Waals surface area contributed by atoms with Crippen molar-refractivity contribution < 1.29 is 19.0 Å². The van der Waals surface area contributed by atoms with Crippen LogP contribution >= 0.6 is 34.2 Å². The molecule has 1 saturated heterocycles. The van der Waals surface area contributed by atoms with E-state index in [1.807, 2.05) is 6.07 Å². The summed E-state index contributed by atoms with van der Waals surface area (Å²) in [4.78, 5) is 12.6. The molecular weight excluding hydrogens is 443 g/mol. The lowest BCUT2D eigenvalue weighted by atomic mass is 10.0. The second-order valence-corrected chi connectivity index (χ2v) is 6.94. The average Bonchev–Trinajstić information content (AvgIpc) is 3.10. The fourth-order valence-electron chi connectivity index (χ4n) is 2.38. The van der Waals surface area contributed by atoms with Crippen molar-refractivity contribution in [1.29, 1.82) is 0 Å². The second-order valence-electron chi connectivity index (χ2n) is 5.29. The van der Waals surface area contributed by atoms with Crippen LogP contribution in [-0.4, -0.2) is 31.9 Å². The lowest BCUT2D eigenvalue weighted by molar-refractivity contribution is -0.0531. The summed E-state index contributed by atoms with van der Waals surface area (Å²) >= 11 is 8.29. The molecule has 0 spiro atoms. The van der Waals surface area contributed by atoms with Crippen LogP contribution in [0.5, 0.6) is 5.75 Å². The molecule has 0 atom stereocenters. The fraction of sp³-hybridized carbons (Fsp3) is 0.278. The number of carbonyl (C=O) groups is 1. The molecule has 0 radical (unpaired) electrons. The van der Waals surface area contributed by atoms with E-state index in [4.69, 9.17) is 25.8 Å². The van der Waals surface area contributed by atoms with Gasteiger partial charge in [0.25, 0.3) is 0 Å². The van der Waals surface area contributed by atoms with Crippen LogP contribution in [0.3, 0.4) is 0 Å². The van der Waals surface area contributed by atoms with Crippen LogP contribution in [0, 0.1) is 3.57 Å². The van der Waals surface area contributed by atoms with Gasteiger partial charge in [-0.15, -0.1) is 0 Å². The maximum atomic E-state index is 12.6. The Balaban J connectivity index is 1.61. The quantitative estimate of drug-likeness (QED) is 0.478. The summed E-state index contributed by atoms with van der Waals surface area (Å²) in [5.74, 6) is 0.608. The highest BCUT2D eigenvalue weighted by molar-refractivity contribution is 14.1. The molecule has 0 saturated carbocycles. The fourth-order valence-corrected chi connectivity index (χ4v) is 3.07. The summed E-state index contributed by atoms with van der Waals surface area (Å²) in [5.41, 5.74) is 1.08. The van der Waals surface area contributed by atoms with Crippen molar-refractivity contribution in [3.8, 4) is 5.75 Å². The van der Waals surface area contributed by atoms with Gasteiger partial charge in [0, 0.05) is 21.1 Å². The third-order valence-corrected chi connectivity index (χ3v) is 4.60. The molecule has 2 aromatic carbocycles. The Kier molecular flexibility index (Phi) is 6.10. The van der Waals surface area contributed by atoms with Crippen LogP contribution in [-0.2, 0) is 9.47 Å². The number of hydrogen-bond acceptors (Lipinski definition) is 4. The highest BCUT2D eigenvalue weighted by Crippen LogP contribution is 2.23. The standard InChI is InChI=1S/C18H16ClIO4/c19-16-6-3-13(20)11-15(16)18(21)12-1-4-14(5-2-12)22-8-7-17-23-9-10-24-17/h1-6,11,17H,7-10H2. The Morgan fingerprint density at radius 3 is 2.58 bits per heavy atom. The summed E-state index contributed by atoms with van der Waals surface area (Å²) < 4.78 is 17.3. The van der Waals surface area contributed by atoms with E-state index in [0.717, 1.165) is 3.57 Å². The number of ether oxygens (including phenoxy) is 3. The lowest BCUT2D eigenvalue weighted by Crippen LogP contribution is -2.12. The number of benzene rings is 2. The van der Waals surface area contributed by atoms with Crippen LogP contribution in [0.1, 0.15) is 22.3 Å². The zero-order valence-electron chi connectivity index (χ0n) is 12.8. The molecule has 0 unspecified atom stereocenters. The van der Waals surface area contributed by atoms with Crippen LogP contribution in [0.2, 0.25) is 5.02 Å². The minimum absolute atomic E-state index is 0.0992. The van der Waals surface area contributed by atoms with Crippen molar-refractivity contribution in [1.82, 2.24) is 0 Å². The van der Waals surface area contributed by atoms with E-state index in [9.17, 15) is 4.79 Å². The Morgan fingerprint density at radius 1 is 1.17 bits per heavy atom. The van der Waals surface area contributed by atoms with Crippen molar-refractivity contribution in [2.24, 2.45) is 0 Å². The molecule has 3 rings (SSSR count). The summed E-state index contributed by atoms with van der Waals surface area (Å²) in [7, 11) is 0. The first kappa shape index (κ1) is 17.7. The Morgan fingerprint density at radius 2 is 1.88 bits per heavy atom. The number of ketones is 1. The van der Waals surface area contributed by atoms with E-state index in [1.165, 1.54) is 0 Å². The molecule has 6 heteroatoms. The zero-order chi connectivity index (χ0) is 16.9. The number of halogens is 2. The molecule has 4 nitrogen and oxygen atoms in total. The summed E-state index contributed by atoms with van der Waals surface area (Å²) in [6, 6.07) is 12.5. The lowest BCUT2D eigenvalue weighted by Gasteiger charge is -2.11. The topological polar surface area (TPSA) is 44.8 Å². The van der Waals surface area contributed by atoms with E-state index in [1.54, 1.807) is 36.4 Å². The maximum Gasteiger partial charge on any atom is 0.194 e. The minimum atomic E-state index is -0.173. The Labute approximate surface area is 159 Å². The molecule has 2 aromatic rings. The highest BCUT2D eigenvalue weighted by atomic mass is 127. The predicted octanol–water partition coefficient (Wildman–Crippen LogP) is 4.32. The smallest absolute Gasteiger partial charge is 0.194 e. The summed E-state index contributed by atoms with van der Waals surface area (Å²) in [6.07, 6.45) is 0.507. The second kappa shape index (κ2) is 8.29. The van der Waals surface area contributed by atoms with Crippen LogP contribution < -0.4 is 4.74 Å². The van der Waals surface area contributed by atoms with Gasteiger partial charge in [0.2, 0.25) is 0 Å².